The Balaban J connectivity index is 2.23. The minimum Gasteiger partial charge on any atom is -0.383 e. The molecular formula is C13H18FN3O. The highest BCUT2D eigenvalue weighted by Crippen LogP contribution is 2.31. The van der Waals surface area contributed by atoms with Crippen LogP contribution in [-0.4, -0.2) is 28.4 Å². The van der Waals surface area contributed by atoms with E-state index >= 15 is 0 Å². The van der Waals surface area contributed by atoms with Gasteiger partial charge in [-0.05, 0) is 38.7 Å². The molecule has 0 aliphatic heterocycles. The van der Waals surface area contributed by atoms with E-state index in [0.29, 0.717) is 12.5 Å². The molecule has 5 heteroatoms. The molecule has 1 aliphatic rings. The molecule has 0 aromatic carbocycles. The maximum Gasteiger partial charge on any atom is 0.257 e. The van der Waals surface area contributed by atoms with Crippen molar-refractivity contribution < 1.29 is 9.18 Å². The number of anilines is 1. The predicted molar refractivity (Wildman–Crippen MR) is 67.5 cm³/mol. The Morgan fingerprint density at radius 3 is 2.83 bits per heavy atom. The van der Waals surface area contributed by atoms with E-state index in [1.807, 2.05) is 13.8 Å². The number of aromatic nitrogens is 1. The maximum atomic E-state index is 13.2. The van der Waals surface area contributed by atoms with Crippen molar-refractivity contribution in [3.05, 3.63) is 23.6 Å². The third-order valence-corrected chi connectivity index (χ3v) is 3.15. The fourth-order valence-corrected chi connectivity index (χ4v) is 1.88. The summed E-state index contributed by atoms with van der Waals surface area (Å²) >= 11 is 0. The molecule has 0 bridgehead atoms. The van der Waals surface area contributed by atoms with Gasteiger partial charge >= 0.3 is 0 Å². The molecule has 4 nitrogen and oxygen atoms in total. The third-order valence-electron chi connectivity index (χ3n) is 3.15. The van der Waals surface area contributed by atoms with Crippen LogP contribution in [-0.2, 0) is 0 Å². The summed E-state index contributed by atoms with van der Waals surface area (Å²) in [5.41, 5.74) is 5.81. The van der Waals surface area contributed by atoms with Gasteiger partial charge in [0.05, 0.1) is 11.8 Å². The second-order valence-electron chi connectivity index (χ2n) is 5.08. The Hall–Kier alpha value is -1.65. The highest BCUT2D eigenvalue weighted by molar-refractivity contribution is 5.98. The number of pyridine rings is 1. The Kier molecular flexibility index (Phi) is 3.50. The van der Waals surface area contributed by atoms with Crippen LogP contribution in [0.4, 0.5) is 10.2 Å². The Labute approximate surface area is 106 Å². The number of hydrogen-bond acceptors (Lipinski definition) is 3. The largest absolute Gasteiger partial charge is 0.383 e. The zero-order chi connectivity index (χ0) is 13.3. The summed E-state index contributed by atoms with van der Waals surface area (Å²) in [6, 6.07) is 1.23. The number of nitrogens with two attached hydrogens (primary N) is 1. The van der Waals surface area contributed by atoms with Crippen LogP contribution in [0.25, 0.3) is 0 Å². The first kappa shape index (κ1) is 12.8. The van der Waals surface area contributed by atoms with Gasteiger partial charge < -0.3 is 10.6 Å². The molecule has 98 valence electrons. The van der Waals surface area contributed by atoms with Crippen molar-refractivity contribution in [2.24, 2.45) is 5.92 Å². The van der Waals surface area contributed by atoms with E-state index in [1.54, 1.807) is 4.90 Å². The minimum atomic E-state index is -0.539. The predicted octanol–water partition coefficient (Wildman–Crippen LogP) is 2.06. The van der Waals surface area contributed by atoms with E-state index in [2.05, 4.69) is 4.98 Å². The molecule has 1 heterocycles. The quantitative estimate of drug-likeness (QED) is 0.891. The molecule has 2 rings (SSSR count). The number of nitrogens with zero attached hydrogens (tertiary/aromatic N) is 2. The van der Waals surface area contributed by atoms with Crippen molar-refractivity contribution in [3.8, 4) is 0 Å². The molecule has 1 saturated carbocycles. The molecule has 2 N–H and O–H groups in total. The van der Waals surface area contributed by atoms with Crippen LogP contribution < -0.4 is 5.73 Å². The highest BCUT2D eigenvalue weighted by Gasteiger charge is 2.29. The van der Waals surface area contributed by atoms with Crippen molar-refractivity contribution in [1.29, 1.82) is 0 Å². The molecule has 0 spiro atoms. The molecule has 0 saturated heterocycles. The topological polar surface area (TPSA) is 59.2 Å². The van der Waals surface area contributed by atoms with Gasteiger partial charge in [-0.25, -0.2) is 9.37 Å². The van der Waals surface area contributed by atoms with Gasteiger partial charge in [-0.1, -0.05) is 0 Å². The number of hydrogen-bond donors (Lipinski definition) is 1. The third kappa shape index (κ3) is 2.78. The first-order chi connectivity index (χ1) is 8.49. The minimum absolute atomic E-state index is 0.0702. The fourth-order valence-electron chi connectivity index (χ4n) is 1.88. The van der Waals surface area contributed by atoms with E-state index in [4.69, 9.17) is 5.73 Å². The summed E-state index contributed by atoms with van der Waals surface area (Å²) in [6.07, 6.45) is 3.34. The van der Waals surface area contributed by atoms with E-state index in [0.717, 1.165) is 25.1 Å². The van der Waals surface area contributed by atoms with Crippen molar-refractivity contribution in [1.82, 2.24) is 9.88 Å². The lowest BCUT2D eigenvalue weighted by Crippen LogP contribution is -2.39. The molecule has 1 fully saturated rings. The smallest absolute Gasteiger partial charge is 0.257 e. The molecule has 1 amide bonds. The van der Waals surface area contributed by atoms with Crippen LogP contribution in [0.5, 0.6) is 0 Å². The van der Waals surface area contributed by atoms with E-state index < -0.39 is 5.82 Å². The van der Waals surface area contributed by atoms with Crippen molar-refractivity contribution in [2.75, 3.05) is 12.3 Å². The van der Waals surface area contributed by atoms with Gasteiger partial charge in [-0.15, -0.1) is 0 Å². The second-order valence-corrected chi connectivity index (χ2v) is 5.08. The number of carbonyl (C=O) groups excluding carboxylic acids is 1. The summed E-state index contributed by atoms with van der Waals surface area (Å²) < 4.78 is 13.2. The van der Waals surface area contributed by atoms with E-state index in [-0.39, 0.29) is 23.3 Å². The van der Waals surface area contributed by atoms with Gasteiger partial charge in [0.1, 0.15) is 11.6 Å². The van der Waals surface area contributed by atoms with Crippen LogP contribution in [0.2, 0.25) is 0 Å². The number of amides is 1. The Morgan fingerprint density at radius 1 is 1.61 bits per heavy atom. The summed E-state index contributed by atoms with van der Waals surface area (Å²) in [4.78, 5) is 17.8. The van der Waals surface area contributed by atoms with Crippen molar-refractivity contribution in [2.45, 2.75) is 32.7 Å². The lowest BCUT2D eigenvalue weighted by molar-refractivity contribution is 0.0696. The lowest BCUT2D eigenvalue weighted by atomic mass is 10.1. The Morgan fingerprint density at radius 2 is 2.28 bits per heavy atom. The standard InChI is InChI=1S/C13H18FN3O/c1-8(2)17(7-9-3-4-9)13(18)11-5-10(14)6-16-12(11)15/h5-6,8-9H,3-4,7H2,1-2H3,(H2,15,16). The first-order valence-electron chi connectivity index (χ1n) is 6.21. The average Bonchev–Trinajstić information content (AvgIpc) is 3.12. The lowest BCUT2D eigenvalue weighted by Gasteiger charge is -2.27. The molecule has 1 aliphatic carbocycles. The van der Waals surface area contributed by atoms with Crippen LogP contribution >= 0.6 is 0 Å². The van der Waals surface area contributed by atoms with Gasteiger partial charge in [0, 0.05) is 12.6 Å². The highest BCUT2D eigenvalue weighted by atomic mass is 19.1. The van der Waals surface area contributed by atoms with Gasteiger partial charge in [-0.2, -0.15) is 0 Å². The molecule has 0 radical (unpaired) electrons. The van der Waals surface area contributed by atoms with Crippen LogP contribution in [0.3, 0.4) is 0 Å². The Bertz CT molecular complexity index is 458. The SMILES string of the molecule is CC(C)N(CC1CC1)C(=O)c1cc(F)cnc1N. The van der Waals surface area contributed by atoms with E-state index in [9.17, 15) is 9.18 Å². The van der Waals surface area contributed by atoms with Crippen LogP contribution in [0.15, 0.2) is 12.3 Å². The molecular weight excluding hydrogens is 233 g/mol. The van der Waals surface area contributed by atoms with Crippen LogP contribution in [0, 0.1) is 11.7 Å². The monoisotopic (exact) mass is 251 g/mol. The van der Waals surface area contributed by atoms with Crippen molar-refractivity contribution in [3.63, 3.8) is 0 Å². The summed E-state index contributed by atoms with van der Waals surface area (Å²) in [5, 5.41) is 0. The fraction of sp³-hybridized carbons (Fsp3) is 0.538. The van der Waals surface area contributed by atoms with Crippen LogP contribution in [0.1, 0.15) is 37.0 Å². The summed E-state index contributed by atoms with van der Waals surface area (Å²) in [5.74, 6) is -0.106. The van der Waals surface area contributed by atoms with Crippen molar-refractivity contribution >= 4 is 11.7 Å². The van der Waals surface area contributed by atoms with Gasteiger partial charge in [-0.3, -0.25) is 4.79 Å². The molecule has 1 aromatic rings. The number of carbonyl (C=O) groups is 1. The number of nitrogen functional groups attached to an aromatic ring is 1. The van der Waals surface area contributed by atoms with Gasteiger partial charge in [0.25, 0.3) is 5.91 Å². The van der Waals surface area contributed by atoms with Gasteiger partial charge in [0.2, 0.25) is 0 Å². The normalized spacial score (nSPS) is 14.9. The summed E-state index contributed by atoms with van der Waals surface area (Å²) in [6.45, 7) is 4.61. The maximum absolute atomic E-state index is 13.2. The molecule has 18 heavy (non-hydrogen) atoms. The average molecular weight is 251 g/mol. The summed E-state index contributed by atoms with van der Waals surface area (Å²) in [7, 11) is 0. The number of halogens is 1. The second kappa shape index (κ2) is 4.92. The molecule has 1 aromatic heterocycles. The molecule has 0 atom stereocenters. The number of rotatable bonds is 4. The zero-order valence-corrected chi connectivity index (χ0v) is 10.7. The zero-order valence-electron chi connectivity index (χ0n) is 10.7. The first-order valence-corrected chi connectivity index (χ1v) is 6.21. The van der Waals surface area contributed by atoms with Gasteiger partial charge in [0.15, 0.2) is 0 Å². The molecule has 0 unspecified atom stereocenters. The van der Waals surface area contributed by atoms with E-state index in [1.165, 1.54) is 0 Å².